The number of carbonyl (C=O) groups excluding carboxylic acids is 2. The van der Waals surface area contributed by atoms with Crippen LogP contribution in [0.15, 0.2) is 0 Å². The van der Waals surface area contributed by atoms with Crippen LogP contribution in [0.2, 0.25) is 0 Å². The molecule has 0 aliphatic heterocycles. The van der Waals surface area contributed by atoms with Crippen molar-refractivity contribution >= 4 is 12.2 Å². The molecule has 1 atom stereocenters. The maximum absolute atomic E-state index is 10.9. The highest BCUT2D eigenvalue weighted by Gasteiger charge is 2.06. The Morgan fingerprint density at radius 1 is 0.950 bits per heavy atom. The van der Waals surface area contributed by atoms with Gasteiger partial charge in [-0.1, -0.05) is 27.2 Å². The summed E-state index contributed by atoms with van der Waals surface area (Å²) in [5.74, 6) is 0.519. The maximum atomic E-state index is 10.9. The highest BCUT2D eigenvalue weighted by atomic mass is 16.6. The van der Waals surface area contributed by atoms with Gasteiger partial charge in [0, 0.05) is 1.37 Å². The summed E-state index contributed by atoms with van der Waals surface area (Å²) in [4.78, 5) is 21.9. The molecule has 0 aliphatic rings. The van der Waals surface area contributed by atoms with Gasteiger partial charge in [0.2, 0.25) is 0 Å². The first-order valence-electron chi connectivity index (χ1n) is 7.45. The molecule has 120 valence electrons. The van der Waals surface area contributed by atoms with Gasteiger partial charge in [-0.15, -0.1) is 0 Å². The molecule has 20 heavy (non-hydrogen) atoms. The zero-order chi connectivity index (χ0) is 17.0. The van der Waals surface area contributed by atoms with Gasteiger partial charge in [0.05, 0.1) is 18.9 Å². The van der Waals surface area contributed by atoms with Crippen molar-refractivity contribution in [3.63, 3.8) is 0 Å². The van der Waals surface area contributed by atoms with Crippen LogP contribution in [0, 0.1) is 5.92 Å². The van der Waals surface area contributed by atoms with Crippen LogP contribution in [0.1, 0.15) is 56.2 Å². The number of amides is 2. The van der Waals surface area contributed by atoms with E-state index in [2.05, 4.69) is 24.5 Å². The summed E-state index contributed by atoms with van der Waals surface area (Å²) in [5, 5.41) is 4.69. The monoisotopic (exact) mass is 291 g/mol. The Kier molecular flexibility index (Phi) is 11.7. The fourth-order valence-electron chi connectivity index (χ4n) is 0.700. The van der Waals surface area contributed by atoms with E-state index in [1.165, 1.54) is 0 Å². The smallest absolute Gasteiger partial charge is 0.408 e. The van der Waals surface area contributed by atoms with Gasteiger partial charge in [0.15, 0.2) is 0 Å². The van der Waals surface area contributed by atoms with Crippen LogP contribution < -0.4 is 10.6 Å². The first-order valence-corrected chi connectivity index (χ1v) is 6.87. The Morgan fingerprint density at radius 2 is 1.25 bits per heavy atom. The average Bonchev–Trinajstić information content (AvgIpc) is 2.27. The number of rotatable bonds is 5. The molecule has 0 spiro atoms. The third-order valence-electron chi connectivity index (χ3n) is 1.82. The van der Waals surface area contributed by atoms with Crippen LogP contribution in [-0.2, 0) is 9.47 Å². The number of carbonyl (C=O) groups is 2. The molecule has 0 radical (unpaired) electrons. The second kappa shape index (κ2) is 12.6. The van der Waals surface area contributed by atoms with Crippen LogP contribution in [0.5, 0.6) is 0 Å². The molecule has 6 heteroatoms. The third-order valence-corrected chi connectivity index (χ3v) is 1.82. The van der Waals surface area contributed by atoms with Crippen LogP contribution >= 0.6 is 0 Å². The van der Waals surface area contributed by atoms with Crippen molar-refractivity contribution in [2.45, 2.75) is 67.1 Å². The van der Waals surface area contributed by atoms with E-state index in [1.54, 1.807) is 27.7 Å². The number of hydrogen-bond acceptors (Lipinski definition) is 4. The van der Waals surface area contributed by atoms with Crippen molar-refractivity contribution in [1.82, 2.24) is 10.6 Å². The van der Waals surface area contributed by atoms with E-state index in [-0.39, 0.29) is 25.3 Å². The van der Waals surface area contributed by atoms with Crippen LogP contribution in [-0.4, -0.2) is 31.1 Å². The van der Waals surface area contributed by atoms with Crippen molar-refractivity contribution in [3.05, 3.63) is 0 Å². The Labute approximate surface area is 124 Å². The van der Waals surface area contributed by atoms with Gasteiger partial charge < -0.3 is 20.1 Å². The molecule has 2 amide bonds. The molecule has 0 saturated carbocycles. The van der Waals surface area contributed by atoms with E-state index in [0.717, 1.165) is 0 Å². The van der Waals surface area contributed by atoms with E-state index < -0.39 is 12.2 Å². The van der Waals surface area contributed by atoms with Crippen molar-refractivity contribution in [1.29, 1.82) is 0 Å². The lowest BCUT2D eigenvalue weighted by Crippen LogP contribution is -2.39. The Balaban J connectivity index is 0. The lowest BCUT2D eigenvalue weighted by molar-refractivity contribution is 0.108. The molecular formula is C14H30N2O4. The number of alkyl carbamates (subject to hydrolysis) is 2. The number of ether oxygens (including phenoxy) is 2. The predicted octanol–water partition coefficient (Wildman–Crippen LogP) is 3.27. The fraction of sp³-hybridized carbons (Fsp3) is 0.857. The molecule has 0 heterocycles. The first kappa shape index (κ1) is 18.5. The van der Waals surface area contributed by atoms with E-state index in [9.17, 15) is 9.59 Å². The van der Waals surface area contributed by atoms with Crippen LogP contribution in [0.3, 0.4) is 0 Å². The zero-order valence-corrected chi connectivity index (χ0v) is 13.6. The summed E-state index contributed by atoms with van der Waals surface area (Å²) in [6.07, 6.45) is -1.42. The maximum Gasteiger partial charge on any atom is 0.408 e. The second-order valence-electron chi connectivity index (χ2n) is 5.02. The lowest BCUT2D eigenvalue weighted by atomic mass is 10.2. The number of hydrogen-bond donors (Lipinski definition) is 2. The molecule has 0 fully saturated rings. The summed E-state index contributed by atoms with van der Waals surface area (Å²) < 4.78 is 16.6. The standard InChI is InChI=1S/C9H18N2O4.C5H12/c1-6(2)14-8(12)10-5-11-9(13)15-7(3)4;1-4-5(2)3/h6-7H,5H2,1-4H3,(H,10,12)(H,11,13);5H,4H2,1-3H3/i;4D. The lowest BCUT2D eigenvalue weighted by Gasteiger charge is -2.11. The van der Waals surface area contributed by atoms with Gasteiger partial charge in [0.25, 0.3) is 0 Å². The van der Waals surface area contributed by atoms with E-state index in [1.807, 2.05) is 6.92 Å². The highest BCUT2D eigenvalue weighted by Crippen LogP contribution is 1.94. The van der Waals surface area contributed by atoms with Gasteiger partial charge in [0.1, 0.15) is 0 Å². The first-order chi connectivity index (χ1) is 9.56. The second-order valence-corrected chi connectivity index (χ2v) is 5.02. The molecule has 0 aromatic heterocycles. The predicted molar refractivity (Wildman–Crippen MR) is 79.5 cm³/mol. The molecule has 0 aromatic rings. The topological polar surface area (TPSA) is 76.7 Å². The normalized spacial score (nSPS) is 12.2. The van der Waals surface area contributed by atoms with Gasteiger partial charge in [-0.05, 0) is 33.6 Å². The van der Waals surface area contributed by atoms with Crippen molar-refractivity contribution < 1.29 is 20.4 Å². The largest absolute Gasteiger partial charge is 0.447 e. The van der Waals surface area contributed by atoms with E-state index >= 15 is 0 Å². The van der Waals surface area contributed by atoms with Crippen LogP contribution in [0.25, 0.3) is 0 Å². The molecule has 2 N–H and O–H groups in total. The molecule has 0 bridgehead atoms. The molecular weight excluding hydrogens is 260 g/mol. The molecule has 0 rings (SSSR count). The Hall–Kier alpha value is -1.46. The minimum absolute atomic E-state index is 0.0168. The average molecular weight is 291 g/mol. The molecule has 0 saturated heterocycles. The van der Waals surface area contributed by atoms with Crippen molar-refractivity contribution in [3.8, 4) is 0 Å². The molecule has 1 unspecified atom stereocenters. The van der Waals surface area contributed by atoms with Crippen LogP contribution in [0.4, 0.5) is 9.59 Å². The van der Waals surface area contributed by atoms with Gasteiger partial charge in [-0.25, -0.2) is 9.59 Å². The van der Waals surface area contributed by atoms with Crippen molar-refractivity contribution in [2.24, 2.45) is 5.92 Å². The molecule has 6 nitrogen and oxygen atoms in total. The third kappa shape index (κ3) is 18.9. The Morgan fingerprint density at radius 3 is 1.45 bits per heavy atom. The van der Waals surface area contributed by atoms with E-state index in [0.29, 0.717) is 5.92 Å². The summed E-state index contributed by atoms with van der Waals surface area (Å²) in [6.45, 7) is 12.9. The van der Waals surface area contributed by atoms with Gasteiger partial charge >= 0.3 is 12.2 Å². The van der Waals surface area contributed by atoms with Gasteiger partial charge in [-0.3, -0.25) is 0 Å². The zero-order valence-electron chi connectivity index (χ0n) is 14.6. The number of nitrogens with one attached hydrogen (secondary N) is 2. The summed E-state index contributed by atoms with van der Waals surface area (Å²) in [6, 6.07) is 0. The minimum atomic E-state index is -0.574. The fourth-order valence-corrected chi connectivity index (χ4v) is 0.700. The van der Waals surface area contributed by atoms with Gasteiger partial charge in [-0.2, -0.15) is 0 Å². The summed E-state index contributed by atoms with van der Waals surface area (Å²) >= 11 is 0. The SMILES string of the molecule is CC(C)OC(=O)NCNC(=O)OC(C)C.[2H]C(C)C(C)C. The Bertz CT molecular complexity index is 267. The quantitative estimate of drug-likeness (QED) is 0.762. The summed E-state index contributed by atoms with van der Waals surface area (Å²) in [5.41, 5.74) is 0. The summed E-state index contributed by atoms with van der Waals surface area (Å²) in [7, 11) is 0. The van der Waals surface area contributed by atoms with E-state index in [4.69, 9.17) is 10.8 Å². The highest BCUT2D eigenvalue weighted by molar-refractivity contribution is 5.70. The minimum Gasteiger partial charge on any atom is -0.447 e. The molecule has 0 aliphatic carbocycles. The molecule has 0 aromatic carbocycles. The van der Waals surface area contributed by atoms with Crippen molar-refractivity contribution in [2.75, 3.05) is 6.67 Å².